The molecule has 0 aromatic heterocycles. The minimum Gasteiger partial charge on any atom is -0.454 e. The largest absolute Gasteiger partial charge is 0.454 e. The lowest BCUT2D eigenvalue weighted by atomic mass is 10.2. The van der Waals surface area contributed by atoms with Crippen LogP contribution in [0.5, 0.6) is 11.5 Å². The summed E-state index contributed by atoms with van der Waals surface area (Å²) >= 11 is 1.43. The van der Waals surface area contributed by atoms with Crippen LogP contribution >= 0.6 is 11.8 Å². The van der Waals surface area contributed by atoms with Crippen molar-refractivity contribution in [2.45, 2.75) is 0 Å². The van der Waals surface area contributed by atoms with E-state index < -0.39 is 0 Å². The van der Waals surface area contributed by atoms with Gasteiger partial charge in [-0.05, 0) is 30.0 Å². The molecule has 0 N–H and O–H groups in total. The number of nitrogens with zero attached hydrogens (tertiary/aromatic N) is 4. The van der Waals surface area contributed by atoms with E-state index in [4.69, 9.17) is 9.47 Å². The van der Waals surface area contributed by atoms with Crippen molar-refractivity contribution in [3.8, 4) is 11.5 Å². The first-order valence-electron chi connectivity index (χ1n) is 5.94. The number of amidine groups is 1. The number of ether oxygens (including phenoxy) is 2. The maximum absolute atomic E-state index is 5.30. The number of hydrogen-bond acceptors (Lipinski definition) is 5. The van der Waals surface area contributed by atoms with Crippen LogP contribution in [0.3, 0.4) is 0 Å². The fraction of sp³-hybridized carbons (Fsp3) is 0.308. The summed E-state index contributed by atoms with van der Waals surface area (Å²) < 4.78 is 10.5. The standard InChI is InChI=1S/C13H16N4O2S/c1-17(2)8-14-13(20-3)16-15-7-10-4-5-11-12(6-10)19-9-18-11/h4-8H,9H2,1-3H3/b14-8+,15-7+,16-13-. The second-order valence-corrected chi connectivity index (χ2v) is 4.93. The Balaban J connectivity index is 2.04. The molecule has 0 saturated heterocycles. The fourth-order valence-corrected chi connectivity index (χ4v) is 1.70. The van der Waals surface area contributed by atoms with E-state index in [1.54, 1.807) is 12.6 Å². The zero-order valence-electron chi connectivity index (χ0n) is 11.6. The molecule has 1 aromatic carbocycles. The quantitative estimate of drug-likeness (QED) is 0.486. The molecule has 1 heterocycles. The summed E-state index contributed by atoms with van der Waals surface area (Å²) in [6, 6.07) is 5.62. The average Bonchev–Trinajstić information content (AvgIpc) is 2.89. The normalized spacial score (nSPS) is 14.4. The van der Waals surface area contributed by atoms with Crippen LogP contribution in [0.2, 0.25) is 0 Å². The first-order chi connectivity index (χ1) is 9.69. The number of thioether (sulfide) groups is 1. The molecule has 1 aliphatic heterocycles. The Hall–Kier alpha value is -2.02. The Morgan fingerprint density at radius 1 is 1.30 bits per heavy atom. The van der Waals surface area contributed by atoms with Gasteiger partial charge in [0.2, 0.25) is 12.0 Å². The van der Waals surface area contributed by atoms with Crippen molar-refractivity contribution in [3.05, 3.63) is 23.8 Å². The maximum atomic E-state index is 5.30. The van der Waals surface area contributed by atoms with Crippen LogP contribution in [0.1, 0.15) is 5.56 Å². The van der Waals surface area contributed by atoms with Crippen LogP contribution in [-0.2, 0) is 0 Å². The molecular weight excluding hydrogens is 276 g/mol. The lowest BCUT2D eigenvalue weighted by Crippen LogP contribution is -2.08. The minimum absolute atomic E-state index is 0.268. The van der Waals surface area contributed by atoms with Gasteiger partial charge in [-0.2, -0.15) is 5.10 Å². The monoisotopic (exact) mass is 292 g/mol. The van der Waals surface area contributed by atoms with Crippen molar-refractivity contribution in [2.75, 3.05) is 27.1 Å². The molecule has 0 fully saturated rings. The van der Waals surface area contributed by atoms with Crippen LogP contribution in [0.25, 0.3) is 0 Å². The van der Waals surface area contributed by atoms with Gasteiger partial charge >= 0.3 is 0 Å². The molecular formula is C13H16N4O2S. The van der Waals surface area contributed by atoms with Crippen LogP contribution in [0.4, 0.5) is 0 Å². The van der Waals surface area contributed by atoms with Gasteiger partial charge in [0, 0.05) is 14.1 Å². The molecule has 20 heavy (non-hydrogen) atoms. The zero-order valence-corrected chi connectivity index (χ0v) is 12.4. The third-order valence-electron chi connectivity index (χ3n) is 2.33. The van der Waals surface area contributed by atoms with Gasteiger partial charge in [0.1, 0.15) is 0 Å². The van der Waals surface area contributed by atoms with E-state index >= 15 is 0 Å². The molecule has 0 saturated carbocycles. The molecule has 0 amide bonds. The molecule has 1 aromatic rings. The Morgan fingerprint density at radius 2 is 2.10 bits per heavy atom. The molecule has 0 unspecified atom stereocenters. The first-order valence-corrected chi connectivity index (χ1v) is 7.17. The highest BCUT2D eigenvalue weighted by atomic mass is 32.2. The summed E-state index contributed by atoms with van der Waals surface area (Å²) in [5.41, 5.74) is 0.898. The van der Waals surface area contributed by atoms with Crippen molar-refractivity contribution < 1.29 is 9.47 Å². The van der Waals surface area contributed by atoms with Gasteiger partial charge < -0.3 is 14.4 Å². The van der Waals surface area contributed by atoms with E-state index in [1.165, 1.54) is 11.8 Å². The lowest BCUT2D eigenvalue weighted by molar-refractivity contribution is 0.174. The van der Waals surface area contributed by atoms with E-state index in [0.717, 1.165) is 17.1 Å². The molecule has 0 aliphatic carbocycles. The summed E-state index contributed by atoms with van der Waals surface area (Å²) in [5.74, 6) is 1.49. The van der Waals surface area contributed by atoms with E-state index in [9.17, 15) is 0 Å². The van der Waals surface area contributed by atoms with Gasteiger partial charge in [-0.1, -0.05) is 11.8 Å². The highest BCUT2D eigenvalue weighted by Gasteiger charge is 2.12. The zero-order chi connectivity index (χ0) is 14.4. The number of aliphatic imine (C=N–C) groups is 1. The Morgan fingerprint density at radius 3 is 2.85 bits per heavy atom. The van der Waals surface area contributed by atoms with Gasteiger partial charge in [-0.15, -0.1) is 5.10 Å². The van der Waals surface area contributed by atoms with Crippen molar-refractivity contribution in [1.29, 1.82) is 0 Å². The van der Waals surface area contributed by atoms with E-state index in [1.807, 2.05) is 43.5 Å². The van der Waals surface area contributed by atoms with Crippen LogP contribution in [-0.4, -0.2) is 49.8 Å². The molecule has 0 spiro atoms. The summed E-state index contributed by atoms with van der Waals surface area (Å²) in [4.78, 5) is 6.03. The van der Waals surface area contributed by atoms with E-state index in [0.29, 0.717) is 5.17 Å². The first kappa shape index (κ1) is 14.4. The molecule has 1 aliphatic rings. The highest BCUT2D eigenvalue weighted by molar-refractivity contribution is 8.13. The fourth-order valence-electron chi connectivity index (χ4n) is 1.42. The average molecular weight is 292 g/mol. The minimum atomic E-state index is 0.268. The molecule has 7 heteroatoms. The Labute approximate surface area is 122 Å². The molecule has 0 atom stereocenters. The molecule has 106 valence electrons. The molecule has 2 rings (SSSR count). The van der Waals surface area contributed by atoms with Crippen molar-refractivity contribution in [1.82, 2.24) is 4.90 Å². The van der Waals surface area contributed by atoms with E-state index in [-0.39, 0.29) is 6.79 Å². The summed E-state index contributed by atoms with van der Waals surface area (Å²) in [6.45, 7) is 0.268. The molecule has 0 radical (unpaired) electrons. The number of rotatable bonds is 3. The van der Waals surface area contributed by atoms with Gasteiger partial charge in [0.05, 0.1) is 12.6 Å². The number of benzene rings is 1. The third kappa shape index (κ3) is 3.99. The second kappa shape index (κ2) is 6.95. The van der Waals surface area contributed by atoms with Crippen molar-refractivity contribution >= 4 is 29.5 Å². The van der Waals surface area contributed by atoms with Gasteiger partial charge in [-0.3, -0.25) is 0 Å². The predicted molar refractivity (Wildman–Crippen MR) is 83.3 cm³/mol. The number of fused-ring (bicyclic) bond motifs is 1. The SMILES string of the molecule is CSC(=N\N=C\c1ccc2c(c1)OCO2)/N=C/N(C)C. The van der Waals surface area contributed by atoms with Gasteiger partial charge in [-0.25, -0.2) is 4.99 Å². The van der Waals surface area contributed by atoms with Crippen LogP contribution < -0.4 is 9.47 Å². The smallest absolute Gasteiger partial charge is 0.231 e. The predicted octanol–water partition coefficient (Wildman–Crippen LogP) is 2.06. The highest BCUT2D eigenvalue weighted by Crippen LogP contribution is 2.31. The number of hydrogen-bond donors (Lipinski definition) is 0. The third-order valence-corrected chi connectivity index (χ3v) is 2.88. The molecule has 0 bridgehead atoms. The van der Waals surface area contributed by atoms with Crippen LogP contribution in [0.15, 0.2) is 33.4 Å². The summed E-state index contributed by atoms with van der Waals surface area (Å²) in [5, 5.41) is 8.68. The maximum Gasteiger partial charge on any atom is 0.231 e. The van der Waals surface area contributed by atoms with E-state index in [2.05, 4.69) is 15.2 Å². The molecule has 6 nitrogen and oxygen atoms in total. The van der Waals surface area contributed by atoms with Crippen molar-refractivity contribution in [2.24, 2.45) is 15.2 Å². The lowest BCUT2D eigenvalue weighted by Gasteiger charge is -2.01. The Bertz CT molecular complexity index is 555. The summed E-state index contributed by atoms with van der Waals surface area (Å²) in [6.07, 6.45) is 5.25. The van der Waals surface area contributed by atoms with Gasteiger partial charge in [0.15, 0.2) is 11.5 Å². The summed E-state index contributed by atoms with van der Waals surface area (Å²) in [7, 11) is 3.80. The van der Waals surface area contributed by atoms with Gasteiger partial charge in [0.25, 0.3) is 0 Å². The topological polar surface area (TPSA) is 58.8 Å². The van der Waals surface area contributed by atoms with Crippen LogP contribution in [0, 0.1) is 0 Å². The van der Waals surface area contributed by atoms with Crippen molar-refractivity contribution in [3.63, 3.8) is 0 Å². The second-order valence-electron chi connectivity index (χ2n) is 4.15. The Kier molecular flexibility index (Phi) is 5.00.